The van der Waals surface area contributed by atoms with Gasteiger partial charge in [-0.3, -0.25) is 14.4 Å². The Morgan fingerprint density at radius 2 is 1.75 bits per heavy atom. The number of primary amides is 1. The number of rotatable bonds is 5. The molecule has 0 radical (unpaired) electrons. The number of carbonyl (C=O) groups is 4. The van der Waals surface area contributed by atoms with Gasteiger partial charge in [0.25, 0.3) is 5.91 Å². The number of hydrogen-bond acceptors (Lipinski definition) is 10. The molecular weight excluding hydrogens is 593 g/mol. The van der Waals surface area contributed by atoms with Crippen LogP contribution in [0.2, 0.25) is 0 Å². The first-order valence-electron chi connectivity index (χ1n) is 13.0. The Bertz CT molecular complexity index is 1680. The molecule has 44 heavy (non-hydrogen) atoms. The van der Waals surface area contributed by atoms with Crippen LogP contribution in [0.15, 0.2) is 47.2 Å². The van der Waals surface area contributed by atoms with Crippen molar-refractivity contribution in [3.63, 3.8) is 0 Å². The zero-order valence-electron chi connectivity index (χ0n) is 22.5. The van der Waals surface area contributed by atoms with Crippen LogP contribution < -0.4 is 26.8 Å². The van der Waals surface area contributed by atoms with Crippen LogP contribution in [0.4, 0.5) is 29.3 Å². The SMILES string of the molecule is NC(=O)C1=C(O)[C@@]2(O)C(=O)C3=C(O)c4c(O)c(CNC(=O)Nc5ccc(OC(F)(F)F)cc5)cc(N)c4CC3C[C@H]2CC1=O. The summed E-state index contributed by atoms with van der Waals surface area (Å²) in [5, 5.41) is 49.1. The molecule has 0 bridgehead atoms. The summed E-state index contributed by atoms with van der Waals surface area (Å²) in [6.07, 6.45) is -5.39. The maximum atomic E-state index is 13.6. The maximum Gasteiger partial charge on any atom is 0.573 e. The number of hydrogen-bond donors (Lipinski definition) is 8. The number of aliphatic hydroxyl groups is 3. The molecule has 3 atom stereocenters. The fourth-order valence-electron chi connectivity index (χ4n) is 6.00. The average Bonchev–Trinajstić information content (AvgIpc) is 2.92. The lowest BCUT2D eigenvalue weighted by molar-refractivity contribution is -0.274. The van der Waals surface area contributed by atoms with Crippen molar-refractivity contribution in [1.29, 1.82) is 0 Å². The number of nitrogens with one attached hydrogen (secondary N) is 2. The number of halogens is 3. The van der Waals surface area contributed by atoms with Crippen molar-refractivity contribution in [3.8, 4) is 11.5 Å². The number of phenols is 1. The number of anilines is 2. The van der Waals surface area contributed by atoms with E-state index < -0.39 is 82.3 Å². The van der Waals surface area contributed by atoms with Crippen LogP contribution in [0.5, 0.6) is 11.5 Å². The molecule has 3 amide bonds. The zero-order chi connectivity index (χ0) is 32.3. The first-order valence-corrected chi connectivity index (χ1v) is 13.0. The molecule has 232 valence electrons. The van der Waals surface area contributed by atoms with Gasteiger partial charge >= 0.3 is 12.4 Å². The van der Waals surface area contributed by atoms with Gasteiger partial charge in [-0.05, 0) is 54.7 Å². The van der Waals surface area contributed by atoms with Crippen molar-refractivity contribution < 1.29 is 57.5 Å². The Labute approximate surface area is 245 Å². The van der Waals surface area contributed by atoms with Crippen molar-refractivity contribution in [3.05, 3.63) is 63.9 Å². The van der Waals surface area contributed by atoms with Crippen molar-refractivity contribution in [2.75, 3.05) is 11.1 Å². The van der Waals surface area contributed by atoms with Gasteiger partial charge in [0.05, 0.1) is 5.56 Å². The summed E-state index contributed by atoms with van der Waals surface area (Å²) in [6, 6.07) is 4.83. The van der Waals surface area contributed by atoms with Crippen molar-refractivity contribution in [1.82, 2.24) is 5.32 Å². The highest BCUT2D eigenvalue weighted by Crippen LogP contribution is 2.53. The number of fused-ring (bicyclic) bond motifs is 3. The molecular formula is C28H25F3N4O9. The zero-order valence-corrected chi connectivity index (χ0v) is 22.5. The molecule has 10 N–H and O–H groups in total. The molecule has 1 saturated carbocycles. The largest absolute Gasteiger partial charge is 0.573 e. The van der Waals surface area contributed by atoms with Crippen LogP contribution in [-0.4, -0.2) is 55.9 Å². The van der Waals surface area contributed by atoms with Gasteiger partial charge in [-0.15, -0.1) is 13.2 Å². The molecule has 3 aliphatic rings. The highest BCUT2D eigenvalue weighted by atomic mass is 19.4. The number of alkyl halides is 3. The Kier molecular flexibility index (Phi) is 7.20. The van der Waals surface area contributed by atoms with E-state index in [0.29, 0.717) is 0 Å². The number of carbonyl (C=O) groups excluding carboxylic acids is 4. The molecule has 0 saturated heterocycles. The fourth-order valence-corrected chi connectivity index (χ4v) is 6.00. The molecule has 0 aliphatic heterocycles. The van der Waals surface area contributed by atoms with Crippen LogP contribution in [0.1, 0.15) is 29.5 Å². The van der Waals surface area contributed by atoms with E-state index in [4.69, 9.17) is 11.5 Å². The summed E-state index contributed by atoms with van der Waals surface area (Å²) in [5.41, 5.74) is 7.67. The van der Waals surface area contributed by atoms with E-state index >= 15 is 0 Å². The number of Topliss-reactive ketones (excluding diaryl/α,β-unsaturated/α-hetero) is 2. The molecule has 13 nitrogen and oxygen atoms in total. The van der Waals surface area contributed by atoms with E-state index in [1.807, 2.05) is 0 Å². The first kappa shape index (κ1) is 30.2. The van der Waals surface area contributed by atoms with E-state index in [1.165, 1.54) is 6.07 Å². The van der Waals surface area contributed by atoms with Gasteiger partial charge in [-0.1, -0.05) is 0 Å². The van der Waals surface area contributed by atoms with E-state index in [9.17, 15) is 52.8 Å². The summed E-state index contributed by atoms with van der Waals surface area (Å²) < 4.78 is 40.8. The quantitative estimate of drug-likeness (QED) is 0.138. The monoisotopic (exact) mass is 618 g/mol. The summed E-state index contributed by atoms with van der Waals surface area (Å²) in [4.78, 5) is 50.3. The molecule has 1 unspecified atom stereocenters. The topological polar surface area (TPSA) is 235 Å². The lowest BCUT2D eigenvalue weighted by Crippen LogP contribution is -2.58. The third-order valence-corrected chi connectivity index (χ3v) is 7.96. The van der Waals surface area contributed by atoms with Gasteiger partial charge in [0.2, 0.25) is 5.78 Å². The van der Waals surface area contributed by atoms with E-state index in [0.717, 1.165) is 24.3 Å². The first-order chi connectivity index (χ1) is 20.5. The lowest BCUT2D eigenvalue weighted by Gasteiger charge is -2.46. The number of aliphatic hydroxyl groups excluding tert-OH is 2. The molecule has 0 spiro atoms. The second kappa shape index (κ2) is 10.5. The lowest BCUT2D eigenvalue weighted by atomic mass is 9.59. The minimum atomic E-state index is -4.88. The van der Waals surface area contributed by atoms with Gasteiger partial charge in [0.1, 0.15) is 28.6 Å². The Morgan fingerprint density at radius 1 is 1.09 bits per heavy atom. The predicted octanol–water partition coefficient (Wildman–Crippen LogP) is 2.23. The van der Waals surface area contributed by atoms with Crippen LogP contribution >= 0.6 is 0 Å². The standard InChI is InChI=1S/C28H25F3N4O9/c29-28(30,31)44-14-3-1-13(2-4-14)35-26(42)34-9-11-7-16(32)15-6-10-5-12-8-17(36)20(25(33)41)24(40)27(12,43)23(39)18(10)22(38)19(15)21(11)37/h1-4,7,10,12,37-38,40,43H,5-6,8-9,32H2,(H2,33,41)(H2,34,35,42)/t10?,12-,27-/m0/s1. The number of benzene rings is 2. The Morgan fingerprint density at radius 3 is 2.36 bits per heavy atom. The smallest absolute Gasteiger partial charge is 0.508 e. The number of aromatic hydroxyl groups is 1. The molecule has 2 aromatic carbocycles. The Hall–Kier alpha value is -5.25. The maximum absolute atomic E-state index is 13.6. The molecule has 5 rings (SSSR count). The normalized spacial score (nSPS) is 23.0. The molecule has 2 aromatic rings. The summed E-state index contributed by atoms with van der Waals surface area (Å²) >= 11 is 0. The third-order valence-electron chi connectivity index (χ3n) is 7.96. The van der Waals surface area contributed by atoms with Gasteiger partial charge in [0.15, 0.2) is 11.4 Å². The van der Waals surface area contributed by atoms with Crippen molar-refractivity contribution >= 4 is 40.6 Å². The summed E-state index contributed by atoms with van der Waals surface area (Å²) in [7, 11) is 0. The molecule has 3 aliphatic carbocycles. The third kappa shape index (κ3) is 5.02. The second-order valence-corrected chi connectivity index (χ2v) is 10.6. The molecule has 16 heteroatoms. The van der Waals surface area contributed by atoms with Crippen molar-refractivity contribution in [2.24, 2.45) is 17.6 Å². The average molecular weight is 619 g/mol. The minimum Gasteiger partial charge on any atom is -0.508 e. The summed E-state index contributed by atoms with van der Waals surface area (Å²) in [5.74, 6) is -8.21. The van der Waals surface area contributed by atoms with Crippen molar-refractivity contribution in [2.45, 2.75) is 37.8 Å². The second-order valence-electron chi connectivity index (χ2n) is 10.6. The number of urea groups is 1. The van der Waals surface area contributed by atoms with Gasteiger partial charge in [-0.25, -0.2) is 4.79 Å². The number of ketones is 2. The fraction of sp³-hybridized carbons (Fsp3) is 0.286. The number of amides is 3. The number of nitrogen functional groups attached to an aromatic ring is 1. The highest BCUT2D eigenvalue weighted by Gasteiger charge is 2.60. The molecule has 0 heterocycles. The minimum absolute atomic E-state index is 0.00995. The van der Waals surface area contributed by atoms with Crippen LogP contribution in [-0.2, 0) is 27.3 Å². The van der Waals surface area contributed by atoms with Gasteiger partial charge in [-0.2, -0.15) is 0 Å². The van der Waals surface area contributed by atoms with Gasteiger partial charge < -0.3 is 47.3 Å². The van der Waals surface area contributed by atoms with Crippen LogP contribution in [0, 0.1) is 11.8 Å². The molecule has 1 fully saturated rings. The number of phenolic OH excluding ortho intramolecular Hbond substituents is 1. The van der Waals surface area contributed by atoms with E-state index in [2.05, 4.69) is 15.4 Å². The highest BCUT2D eigenvalue weighted by molar-refractivity contribution is 6.22. The van der Waals surface area contributed by atoms with Crippen LogP contribution in [0.3, 0.4) is 0 Å². The van der Waals surface area contributed by atoms with E-state index in [-0.39, 0.29) is 53.0 Å². The summed E-state index contributed by atoms with van der Waals surface area (Å²) in [6.45, 7) is -0.357. The molecule has 0 aromatic heterocycles. The van der Waals surface area contributed by atoms with E-state index in [1.54, 1.807) is 0 Å². The number of nitrogens with two attached hydrogens (primary N) is 2. The Balaban J connectivity index is 1.40. The van der Waals surface area contributed by atoms with Gasteiger partial charge in [0, 0.05) is 41.4 Å². The predicted molar refractivity (Wildman–Crippen MR) is 145 cm³/mol. The number of ether oxygens (including phenoxy) is 1. The van der Waals surface area contributed by atoms with Crippen LogP contribution in [0.25, 0.3) is 5.76 Å².